The minimum absolute atomic E-state index is 0.153. The molecule has 15 nitrogen and oxygen atoms in total. The number of likely N-dealkylation sites (tertiary alicyclic amines) is 2. The van der Waals surface area contributed by atoms with Crippen molar-refractivity contribution in [2.75, 3.05) is 34.4 Å². The lowest BCUT2D eigenvalue weighted by Crippen LogP contribution is -2.49. The van der Waals surface area contributed by atoms with Crippen LogP contribution in [0.1, 0.15) is 112 Å². The van der Waals surface area contributed by atoms with Crippen molar-refractivity contribution in [3.8, 4) is 33.6 Å². The third-order valence-corrected chi connectivity index (χ3v) is 12.6. The molecule has 3 fully saturated rings. The minimum Gasteiger partial charge on any atom is -0.453 e. The van der Waals surface area contributed by atoms with Crippen LogP contribution in [0.5, 0.6) is 0 Å². The summed E-state index contributed by atoms with van der Waals surface area (Å²) in [6.45, 7) is 4.55. The highest BCUT2D eigenvalue weighted by Gasteiger charge is 2.45. The molecule has 0 saturated carbocycles. The maximum absolute atomic E-state index is 13.5. The molecule has 6 atom stereocenters. The van der Waals surface area contributed by atoms with Crippen LogP contribution in [0.4, 0.5) is 9.59 Å². The molecule has 0 radical (unpaired) electrons. The Morgan fingerprint density at radius 2 is 1.10 bits per heavy atom. The van der Waals surface area contributed by atoms with Crippen molar-refractivity contribution in [2.24, 2.45) is 0 Å². The molecule has 58 heavy (non-hydrogen) atoms. The Hall–Kier alpha value is -5.70. The largest absolute Gasteiger partial charge is 0.453 e. The fraction of sp³-hybridized carbons (Fsp3) is 0.488. The highest BCUT2D eigenvalue weighted by Crippen LogP contribution is 2.57. The maximum atomic E-state index is 13.5. The number of imidazole rings is 2. The summed E-state index contributed by atoms with van der Waals surface area (Å²) in [6.07, 6.45) is 10.0. The zero-order chi connectivity index (χ0) is 40.7. The molecular formula is C43H53N9O6. The van der Waals surface area contributed by atoms with Crippen LogP contribution in [0.15, 0.2) is 48.8 Å². The summed E-state index contributed by atoms with van der Waals surface area (Å²) in [5, 5.41) is 5.22. The Morgan fingerprint density at radius 3 is 1.64 bits per heavy atom. The van der Waals surface area contributed by atoms with Gasteiger partial charge in [0.15, 0.2) is 0 Å². The van der Waals surface area contributed by atoms with Gasteiger partial charge in [-0.15, -0.1) is 0 Å². The van der Waals surface area contributed by atoms with E-state index in [-0.39, 0.29) is 23.9 Å². The van der Waals surface area contributed by atoms with Crippen LogP contribution in [0.25, 0.3) is 33.6 Å². The summed E-state index contributed by atoms with van der Waals surface area (Å²) in [7, 11) is 4.79. The number of hydrogen-bond donors (Lipinski definition) is 4. The van der Waals surface area contributed by atoms with E-state index in [2.05, 4.69) is 68.9 Å². The number of nitrogens with zero attached hydrogens (tertiary/aromatic N) is 5. The van der Waals surface area contributed by atoms with Crippen molar-refractivity contribution < 1.29 is 28.7 Å². The van der Waals surface area contributed by atoms with Gasteiger partial charge < -0.3 is 39.9 Å². The number of fused-ring (bicyclic) bond motifs is 5. The van der Waals surface area contributed by atoms with E-state index in [1.807, 2.05) is 22.2 Å². The van der Waals surface area contributed by atoms with Gasteiger partial charge in [-0.25, -0.2) is 19.6 Å². The molecule has 306 valence electrons. The van der Waals surface area contributed by atoms with Gasteiger partial charge in [0.1, 0.15) is 23.7 Å². The summed E-state index contributed by atoms with van der Waals surface area (Å²) in [5.74, 6) is 1.18. The van der Waals surface area contributed by atoms with Crippen molar-refractivity contribution in [1.82, 2.24) is 45.3 Å². The topological polar surface area (TPSA) is 178 Å². The minimum atomic E-state index is -0.715. The second-order valence-electron chi connectivity index (χ2n) is 16.0. The van der Waals surface area contributed by atoms with E-state index in [1.165, 1.54) is 30.9 Å². The Kier molecular flexibility index (Phi) is 11.0. The molecule has 15 heteroatoms. The number of carbonyl (C=O) groups excluding carboxylic acids is 4. The van der Waals surface area contributed by atoms with Crippen LogP contribution in [0, 0.1) is 0 Å². The third-order valence-electron chi connectivity index (χ3n) is 12.6. The first kappa shape index (κ1) is 39.1. The van der Waals surface area contributed by atoms with Gasteiger partial charge in [-0.3, -0.25) is 14.5 Å². The van der Waals surface area contributed by atoms with E-state index in [0.717, 1.165) is 91.1 Å². The molecule has 3 saturated heterocycles. The summed E-state index contributed by atoms with van der Waals surface area (Å²) in [4.78, 5) is 73.4. The standard InChI is InChI=1S/C43H53N9O6/c1-24(46-42(55)57-4)40(53)51-20-8-6-10-34(51)38-44-22-30(48-38)27-14-12-26(13-15-27)28-16-17-29(37-33-19-18-32(36(28)37)50(33)3)31-23-45-39(49-31)35-11-7-9-21-52(35)41(54)25(2)47-43(56)58-5/h12-17,22-25,32-35H,6-11,18-21H2,1-5H3,(H,44,48)(H,45,49)(H,46,55)(H,47,56)/t24-,25-,32?,33?,34-,35?/m0/s1. The van der Waals surface area contributed by atoms with Gasteiger partial charge in [0.05, 0.1) is 50.1 Å². The van der Waals surface area contributed by atoms with Crippen molar-refractivity contribution in [1.29, 1.82) is 0 Å². The van der Waals surface area contributed by atoms with Crippen LogP contribution in [-0.4, -0.2) is 105 Å². The predicted octanol–water partition coefficient (Wildman–Crippen LogP) is 6.55. The molecule has 0 aliphatic carbocycles. The van der Waals surface area contributed by atoms with Gasteiger partial charge in [0.2, 0.25) is 11.8 Å². The van der Waals surface area contributed by atoms with E-state index >= 15 is 0 Å². The molecule has 4 aliphatic heterocycles. The third kappa shape index (κ3) is 7.20. The van der Waals surface area contributed by atoms with E-state index in [1.54, 1.807) is 13.8 Å². The van der Waals surface area contributed by atoms with Crippen LogP contribution in [-0.2, 0) is 19.1 Å². The lowest BCUT2D eigenvalue weighted by molar-refractivity contribution is -0.137. The lowest BCUT2D eigenvalue weighted by Gasteiger charge is -2.36. The van der Waals surface area contributed by atoms with Gasteiger partial charge in [-0.2, -0.15) is 0 Å². The number of carbonyl (C=O) groups is 4. The molecule has 8 rings (SSSR count). The second kappa shape index (κ2) is 16.3. The monoisotopic (exact) mass is 791 g/mol. The van der Waals surface area contributed by atoms with E-state index in [9.17, 15) is 19.2 Å². The summed E-state index contributed by atoms with van der Waals surface area (Å²) >= 11 is 0. The van der Waals surface area contributed by atoms with Crippen LogP contribution in [0.2, 0.25) is 0 Å². The van der Waals surface area contributed by atoms with Crippen molar-refractivity contribution >= 4 is 24.0 Å². The van der Waals surface area contributed by atoms with Crippen molar-refractivity contribution in [3.63, 3.8) is 0 Å². The highest BCUT2D eigenvalue weighted by atomic mass is 16.5. The molecule has 0 spiro atoms. The molecule has 2 aromatic carbocycles. The molecule has 4 N–H and O–H groups in total. The fourth-order valence-corrected chi connectivity index (χ4v) is 9.65. The number of amides is 4. The van der Waals surface area contributed by atoms with Gasteiger partial charge in [0.25, 0.3) is 0 Å². The van der Waals surface area contributed by atoms with E-state index < -0.39 is 24.3 Å². The second-order valence-corrected chi connectivity index (χ2v) is 16.0. The number of piperidine rings is 2. The van der Waals surface area contributed by atoms with Crippen LogP contribution >= 0.6 is 0 Å². The number of aromatic amines is 2. The Labute approximate surface area is 338 Å². The molecule has 4 aliphatic rings. The maximum Gasteiger partial charge on any atom is 0.407 e. The fourth-order valence-electron chi connectivity index (χ4n) is 9.65. The number of ether oxygens (including phenoxy) is 2. The molecule has 4 aromatic rings. The van der Waals surface area contributed by atoms with Gasteiger partial charge in [-0.1, -0.05) is 36.4 Å². The number of benzene rings is 2. The van der Waals surface area contributed by atoms with Crippen molar-refractivity contribution in [2.45, 2.75) is 101 Å². The zero-order valence-electron chi connectivity index (χ0n) is 33.8. The Balaban J connectivity index is 1.03. The predicted molar refractivity (Wildman–Crippen MR) is 216 cm³/mol. The first-order chi connectivity index (χ1) is 28.1. The number of rotatable bonds is 9. The number of methoxy groups -OCH3 is 2. The van der Waals surface area contributed by atoms with Crippen molar-refractivity contribution in [3.05, 3.63) is 71.6 Å². The number of aromatic nitrogens is 4. The average Bonchev–Trinajstić information content (AvgIpc) is 4.07. The molecule has 3 unspecified atom stereocenters. The van der Waals surface area contributed by atoms with Crippen LogP contribution < -0.4 is 10.6 Å². The zero-order valence-corrected chi connectivity index (χ0v) is 33.8. The molecular weight excluding hydrogens is 739 g/mol. The normalized spacial score (nSPS) is 22.6. The molecule has 6 heterocycles. The number of hydrogen-bond acceptors (Lipinski definition) is 9. The van der Waals surface area contributed by atoms with E-state index in [0.29, 0.717) is 25.2 Å². The highest BCUT2D eigenvalue weighted by molar-refractivity contribution is 5.86. The first-order valence-electron chi connectivity index (χ1n) is 20.5. The number of alkyl carbamates (subject to hydrolysis) is 2. The van der Waals surface area contributed by atoms with E-state index in [4.69, 9.17) is 19.4 Å². The smallest absolute Gasteiger partial charge is 0.407 e. The SMILES string of the molecule is COC(=O)N[C@@H](C)C(=O)N1CCCCC1c1ncc(-c2ccc(-c3ccc(-c4cnc([C@@H]5CCCCN5C(=O)[C@H](C)NC(=O)OC)[nH]4)cc3)c3c2C2CCC3N2C)[nH]1. The molecule has 4 amide bonds. The average molecular weight is 792 g/mol. The Bertz CT molecular complexity index is 2180. The summed E-state index contributed by atoms with van der Waals surface area (Å²) in [5.41, 5.74) is 9.01. The van der Waals surface area contributed by atoms with Gasteiger partial charge in [-0.05, 0) is 100 Å². The molecule has 2 bridgehead atoms. The number of H-pyrrole nitrogens is 2. The Morgan fingerprint density at radius 1 is 0.638 bits per heavy atom. The summed E-state index contributed by atoms with van der Waals surface area (Å²) < 4.78 is 9.42. The van der Waals surface area contributed by atoms with Gasteiger partial charge in [0, 0.05) is 30.7 Å². The summed E-state index contributed by atoms with van der Waals surface area (Å²) in [6, 6.07) is 11.8. The first-order valence-corrected chi connectivity index (χ1v) is 20.5. The quantitative estimate of drug-likeness (QED) is 0.146. The molecule has 2 aromatic heterocycles. The number of nitrogens with one attached hydrogen (secondary N) is 4. The van der Waals surface area contributed by atoms with Gasteiger partial charge >= 0.3 is 12.2 Å². The lowest BCUT2D eigenvalue weighted by atomic mass is 9.82. The van der Waals surface area contributed by atoms with Crippen LogP contribution in [0.3, 0.4) is 0 Å².